The Kier molecular flexibility index (Phi) is 6.56. The summed E-state index contributed by atoms with van der Waals surface area (Å²) in [5.74, 6) is -0.282. The number of piperidine rings is 1. The lowest BCUT2D eigenvalue weighted by atomic mass is 10.0. The van der Waals surface area contributed by atoms with Gasteiger partial charge < -0.3 is 19.9 Å². The molecule has 0 atom stereocenters. The fraction of sp³-hybridized carbons (Fsp3) is 0.444. The second-order valence-electron chi connectivity index (χ2n) is 10.8. The first-order chi connectivity index (χ1) is 18.6. The third-order valence-electron chi connectivity index (χ3n) is 7.43. The summed E-state index contributed by atoms with van der Waals surface area (Å²) in [5, 5.41) is 12.3. The molecular formula is C27H34N8O3S. The molecule has 6 rings (SSSR count). The Hall–Kier alpha value is -3.48. The van der Waals surface area contributed by atoms with E-state index in [2.05, 4.69) is 30.3 Å². The van der Waals surface area contributed by atoms with E-state index in [9.17, 15) is 13.2 Å². The molecule has 206 valence electrons. The summed E-state index contributed by atoms with van der Waals surface area (Å²) < 4.78 is 29.5. The molecule has 0 bridgehead atoms. The van der Waals surface area contributed by atoms with Crippen molar-refractivity contribution in [1.82, 2.24) is 29.2 Å². The van der Waals surface area contributed by atoms with E-state index in [1.165, 1.54) is 12.8 Å². The maximum absolute atomic E-state index is 13.5. The molecule has 2 fully saturated rings. The van der Waals surface area contributed by atoms with Crippen LogP contribution >= 0.6 is 0 Å². The van der Waals surface area contributed by atoms with E-state index in [0.29, 0.717) is 34.0 Å². The summed E-state index contributed by atoms with van der Waals surface area (Å²) in [5.41, 5.74) is 4.86. The van der Waals surface area contributed by atoms with Crippen LogP contribution in [0.25, 0.3) is 16.6 Å². The molecule has 3 N–H and O–H groups in total. The molecule has 1 amide bonds. The van der Waals surface area contributed by atoms with Gasteiger partial charge in [0.05, 0.1) is 23.2 Å². The number of rotatable bonds is 8. The number of hydrogen-bond donors (Lipinski definition) is 3. The van der Waals surface area contributed by atoms with Crippen LogP contribution in [0.5, 0.6) is 0 Å². The highest BCUT2D eigenvalue weighted by Crippen LogP contribution is 2.32. The average molecular weight is 551 g/mol. The minimum absolute atomic E-state index is 0.0640. The van der Waals surface area contributed by atoms with Crippen molar-refractivity contribution in [3.8, 4) is 0 Å². The van der Waals surface area contributed by atoms with Gasteiger partial charge >= 0.3 is 0 Å². The molecule has 12 heteroatoms. The van der Waals surface area contributed by atoms with Crippen molar-refractivity contribution in [1.29, 1.82) is 0 Å². The van der Waals surface area contributed by atoms with Crippen molar-refractivity contribution >= 4 is 43.9 Å². The Morgan fingerprint density at radius 3 is 2.54 bits per heavy atom. The highest BCUT2D eigenvalue weighted by molar-refractivity contribution is 7.88. The van der Waals surface area contributed by atoms with Gasteiger partial charge in [-0.05, 0) is 50.8 Å². The summed E-state index contributed by atoms with van der Waals surface area (Å²) in [7, 11) is -1.53. The number of hydrogen-bond acceptors (Lipinski definition) is 7. The van der Waals surface area contributed by atoms with Crippen molar-refractivity contribution in [2.24, 2.45) is 7.05 Å². The molecular weight excluding hydrogens is 516 g/mol. The predicted octanol–water partition coefficient (Wildman–Crippen LogP) is 2.55. The Morgan fingerprint density at radius 2 is 1.82 bits per heavy atom. The van der Waals surface area contributed by atoms with Gasteiger partial charge in [0, 0.05) is 74.0 Å². The maximum Gasteiger partial charge on any atom is 0.257 e. The number of pyridine rings is 1. The quantitative estimate of drug-likeness (QED) is 0.308. The fourth-order valence-corrected chi connectivity index (χ4v) is 5.85. The standard InChI is InChI=1S/C27H34N8O3S/c1-17-14-35-15-21(12-18(26(35)29-17)13-28-39(3,37)38)31-27(36)22-6-7-24(23-16-33(2)32-25(22)23)34-10-8-20(9-11-34)30-19-4-5-19/h6-7,12,14-16,19-20,28,30H,4-5,8-11,13H2,1-3H3,(H,31,36). The van der Waals surface area contributed by atoms with E-state index in [4.69, 9.17) is 0 Å². The fourth-order valence-electron chi connectivity index (χ4n) is 5.43. The predicted molar refractivity (Wildman–Crippen MR) is 152 cm³/mol. The molecule has 1 aliphatic heterocycles. The number of nitrogens with one attached hydrogen (secondary N) is 3. The summed E-state index contributed by atoms with van der Waals surface area (Å²) in [6, 6.07) is 6.92. The van der Waals surface area contributed by atoms with E-state index < -0.39 is 10.0 Å². The number of aromatic nitrogens is 4. The van der Waals surface area contributed by atoms with Gasteiger partial charge in [-0.1, -0.05) is 0 Å². The van der Waals surface area contributed by atoms with Gasteiger partial charge in [-0.2, -0.15) is 5.10 Å². The van der Waals surface area contributed by atoms with Gasteiger partial charge in [0.2, 0.25) is 10.0 Å². The number of nitrogens with zero attached hydrogens (tertiary/aromatic N) is 5. The van der Waals surface area contributed by atoms with E-state index >= 15 is 0 Å². The zero-order valence-corrected chi connectivity index (χ0v) is 23.3. The second-order valence-corrected chi connectivity index (χ2v) is 12.6. The molecule has 1 saturated heterocycles. The lowest BCUT2D eigenvalue weighted by molar-refractivity contribution is 0.102. The smallest absolute Gasteiger partial charge is 0.257 e. The van der Waals surface area contributed by atoms with Crippen LogP contribution in [0.4, 0.5) is 11.4 Å². The van der Waals surface area contributed by atoms with Crippen LogP contribution in [0.1, 0.15) is 47.3 Å². The van der Waals surface area contributed by atoms with E-state index in [1.807, 2.05) is 38.5 Å². The minimum Gasteiger partial charge on any atom is -0.371 e. The van der Waals surface area contributed by atoms with Crippen LogP contribution in [0.2, 0.25) is 0 Å². The molecule has 39 heavy (non-hydrogen) atoms. The normalized spacial score (nSPS) is 16.8. The molecule has 0 spiro atoms. The molecule has 0 unspecified atom stereocenters. The first-order valence-electron chi connectivity index (χ1n) is 13.3. The number of benzene rings is 1. The zero-order chi connectivity index (χ0) is 27.3. The van der Waals surface area contributed by atoms with Crippen molar-refractivity contribution < 1.29 is 13.2 Å². The third kappa shape index (κ3) is 5.63. The number of carbonyl (C=O) groups excluding carboxylic acids is 1. The molecule has 2 aliphatic rings. The maximum atomic E-state index is 13.5. The summed E-state index contributed by atoms with van der Waals surface area (Å²) in [6.07, 6.45) is 11.5. The van der Waals surface area contributed by atoms with E-state index in [-0.39, 0.29) is 12.5 Å². The number of amides is 1. The Labute approximate surface area is 227 Å². The van der Waals surface area contributed by atoms with Gasteiger partial charge in [0.15, 0.2) is 0 Å². The van der Waals surface area contributed by atoms with Gasteiger partial charge in [0.25, 0.3) is 5.91 Å². The first-order valence-corrected chi connectivity index (χ1v) is 15.2. The summed E-state index contributed by atoms with van der Waals surface area (Å²) in [4.78, 5) is 20.4. The van der Waals surface area contributed by atoms with Gasteiger partial charge in [0.1, 0.15) is 11.2 Å². The van der Waals surface area contributed by atoms with Gasteiger partial charge in [-0.25, -0.2) is 18.1 Å². The van der Waals surface area contributed by atoms with Gasteiger partial charge in [-0.15, -0.1) is 0 Å². The Morgan fingerprint density at radius 1 is 1.08 bits per heavy atom. The number of imidazole rings is 1. The zero-order valence-electron chi connectivity index (χ0n) is 22.4. The SMILES string of the molecule is Cc1cn2cc(NC(=O)c3ccc(N4CCC(NC5CC5)CC4)c4cn(C)nc34)cc(CNS(C)(=O)=O)c2n1. The van der Waals surface area contributed by atoms with Crippen molar-refractivity contribution in [2.75, 3.05) is 29.6 Å². The van der Waals surface area contributed by atoms with E-state index in [1.54, 1.807) is 21.3 Å². The number of fused-ring (bicyclic) bond motifs is 2. The van der Waals surface area contributed by atoms with Gasteiger partial charge in [-0.3, -0.25) is 9.48 Å². The second kappa shape index (κ2) is 9.92. The number of aryl methyl sites for hydroxylation is 2. The molecule has 11 nitrogen and oxygen atoms in total. The number of carbonyl (C=O) groups is 1. The topological polar surface area (TPSA) is 126 Å². The largest absolute Gasteiger partial charge is 0.371 e. The Balaban J connectivity index is 1.26. The molecule has 1 aromatic carbocycles. The highest BCUT2D eigenvalue weighted by atomic mass is 32.2. The lowest BCUT2D eigenvalue weighted by Crippen LogP contribution is -2.43. The molecule has 4 heterocycles. The molecule has 1 aliphatic carbocycles. The van der Waals surface area contributed by atoms with Crippen LogP contribution in [0.3, 0.4) is 0 Å². The van der Waals surface area contributed by atoms with Crippen LogP contribution in [-0.2, 0) is 23.6 Å². The third-order valence-corrected chi connectivity index (χ3v) is 8.10. The summed E-state index contributed by atoms with van der Waals surface area (Å²) in [6.45, 7) is 3.86. The van der Waals surface area contributed by atoms with Crippen LogP contribution < -0.4 is 20.3 Å². The number of anilines is 2. The molecule has 4 aromatic rings. The van der Waals surface area contributed by atoms with Crippen LogP contribution in [0.15, 0.2) is 36.8 Å². The molecule has 0 radical (unpaired) electrons. The van der Waals surface area contributed by atoms with Crippen molar-refractivity contribution in [3.05, 3.63) is 53.6 Å². The van der Waals surface area contributed by atoms with Crippen LogP contribution in [0, 0.1) is 6.92 Å². The average Bonchev–Trinajstić information content (AvgIpc) is 3.47. The van der Waals surface area contributed by atoms with Crippen molar-refractivity contribution in [3.63, 3.8) is 0 Å². The minimum atomic E-state index is -3.40. The van der Waals surface area contributed by atoms with Crippen molar-refractivity contribution in [2.45, 2.75) is 51.2 Å². The lowest BCUT2D eigenvalue weighted by Gasteiger charge is -2.34. The summed E-state index contributed by atoms with van der Waals surface area (Å²) >= 11 is 0. The molecule has 3 aromatic heterocycles. The first kappa shape index (κ1) is 25.8. The highest BCUT2D eigenvalue weighted by Gasteiger charge is 2.28. The molecule has 1 saturated carbocycles. The Bertz CT molecular complexity index is 1660. The number of sulfonamides is 1. The van der Waals surface area contributed by atoms with Crippen LogP contribution in [-0.4, -0.2) is 64.9 Å². The van der Waals surface area contributed by atoms with E-state index in [0.717, 1.165) is 55.0 Å². The monoisotopic (exact) mass is 550 g/mol.